The SMILES string of the molecule is COc1ccc(CNC(=O)c2cnc3ccc(C)cn3c2=O)c(OC)c1. The fraction of sp³-hybridized carbons (Fsp3) is 0.211. The quantitative estimate of drug-likeness (QED) is 0.758. The van der Waals surface area contributed by atoms with Crippen LogP contribution in [0.5, 0.6) is 11.5 Å². The normalized spacial score (nSPS) is 10.6. The topological polar surface area (TPSA) is 81.9 Å². The summed E-state index contributed by atoms with van der Waals surface area (Å²) in [4.78, 5) is 29.2. The van der Waals surface area contributed by atoms with Crippen LogP contribution >= 0.6 is 0 Å². The summed E-state index contributed by atoms with van der Waals surface area (Å²) in [6.45, 7) is 2.08. The molecule has 3 rings (SSSR count). The first-order valence-electron chi connectivity index (χ1n) is 8.00. The van der Waals surface area contributed by atoms with Crippen LogP contribution < -0.4 is 20.3 Å². The van der Waals surface area contributed by atoms with Crippen LogP contribution in [-0.2, 0) is 6.54 Å². The van der Waals surface area contributed by atoms with E-state index in [0.717, 1.165) is 11.1 Å². The predicted molar refractivity (Wildman–Crippen MR) is 96.9 cm³/mol. The molecule has 0 spiro atoms. The molecule has 2 aromatic heterocycles. The molecule has 0 radical (unpaired) electrons. The van der Waals surface area contributed by atoms with Crippen molar-refractivity contribution in [2.24, 2.45) is 0 Å². The van der Waals surface area contributed by atoms with E-state index < -0.39 is 11.5 Å². The maximum Gasteiger partial charge on any atom is 0.270 e. The minimum Gasteiger partial charge on any atom is -0.497 e. The Balaban J connectivity index is 1.84. The number of benzene rings is 1. The van der Waals surface area contributed by atoms with Crippen LogP contribution in [0.15, 0.2) is 47.5 Å². The second-order valence-electron chi connectivity index (χ2n) is 5.77. The van der Waals surface area contributed by atoms with Gasteiger partial charge in [-0.3, -0.25) is 14.0 Å². The number of pyridine rings is 1. The van der Waals surface area contributed by atoms with E-state index in [9.17, 15) is 9.59 Å². The van der Waals surface area contributed by atoms with E-state index in [1.54, 1.807) is 44.7 Å². The van der Waals surface area contributed by atoms with Gasteiger partial charge in [-0.25, -0.2) is 4.98 Å². The third-order valence-corrected chi connectivity index (χ3v) is 4.03. The predicted octanol–water partition coefficient (Wildman–Crippen LogP) is 1.95. The smallest absolute Gasteiger partial charge is 0.270 e. The zero-order chi connectivity index (χ0) is 18.7. The van der Waals surface area contributed by atoms with Crippen molar-refractivity contribution < 1.29 is 14.3 Å². The number of aromatic nitrogens is 2. The summed E-state index contributed by atoms with van der Waals surface area (Å²) in [6.07, 6.45) is 2.96. The van der Waals surface area contributed by atoms with Gasteiger partial charge in [0.25, 0.3) is 11.5 Å². The van der Waals surface area contributed by atoms with Gasteiger partial charge in [0.2, 0.25) is 0 Å². The molecule has 0 atom stereocenters. The third-order valence-electron chi connectivity index (χ3n) is 4.03. The van der Waals surface area contributed by atoms with E-state index in [2.05, 4.69) is 10.3 Å². The highest BCUT2D eigenvalue weighted by Gasteiger charge is 2.14. The highest BCUT2D eigenvalue weighted by Crippen LogP contribution is 2.24. The molecule has 0 aliphatic heterocycles. The molecule has 26 heavy (non-hydrogen) atoms. The largest absolute Gasteiger partial charge is 0.497 e. The molecule has 7 nitrogen and oxygen atoms in total. The maximum atomic E-state index is 12.6. The number of ether oxygens (including phenoxy) is 2. The van der Waals surface area contributed by atoms with Crippen molar-refractivity contribution in [1.82, 2.24) is 14.7 Å². The first kappa shape index (κ1) is 17.5. The number of hydrogen-bond acceptors (Lipinski definition) is 5. The molecule has 0 saturated heterocycles. The maximum absolute atomic E-state index is 12.6. The molecule has 134 valence electrons. The first-order chi connectivity index (χ1) is 12.5. The molecular weight excluding hydrogens is 334 g/mol. The van der Waals surface area contributed by atoms with Gasteiger partial charge in [0.1, 0.15) is 22.7 Å². The number of rotatable bonds is 5. The lowest BCUT2D eigenvalue weighted by Gasteiger charge is -2.11. The zero-order valence-electron chi connectivity index (χ0n) is 14.8. The van der Waals surface area contributed by atoms with Gasteiger partial charge in [0, 0.05) is 30.6 Å². The van der Waals surface area contributed by atoms with E-state index in [4.69, 9.17) is 9.47 Å². The summed E-state index contributed by atoms with van der Waals surface area (Å²) in [6, 6.07) is 8.90. The molecule has 0 bridgehead atoms. The number of fused-ring (bicyclic) bond motifs is 1. The summed E-state index contributed by atoms with van der Waals surface area (Å²) in [7, 11) is 3.11. The Morgan fingerprint density at radius 2 is 2.00 bits per heavy atom. The highest BCUT2D eigenvalue weighted by molar-refractivity contribution is 5.93. The van der Waals surface area contributed by atoms with Gasteiger partial charge in [0.05, 0.1) is 14.2 Å². The molecule has 0 unspecified atom stereocenters. The van der Waals surface area contributed by atoms with Crippen LogP contribution in [-0.4, -0.2) is 29.5 Å². The van der Waals surface area contributed by atoms with Crippen molar-refractivity contribution >= 4 is 11.6 Å². The van der Waals surface area contributed by atoms with Crippen molar-refractivity contribution in [2.45, 2.75) is 13.5 Å². The van der Waals surface area contributed by atoms with Crippen LogP contribution in [0.4, 0.5) is 0 Å². The number of amides is 1. The van der Waals surface area contributed by atoms with Crippen LogP contribution in [0.2, 0.25) is 0 Å². The highest BCUT2D eigenvalue weighted by atomic mass is 16.5. The first-order valence-corrected chi connectivity index (χ1v) is 8.00. The Morgan fingerprint density at radius 3 is 2.73 bits per heavy atom. The van der Waals surface area contributed by atoms with Gasteiger partial charge in [-0.05, 0) is 30.7 Å². The van der Waals surface area contributed by atoms with Crippen molar-refractivity contribution in [1.29, 1.82) is 0 Å². The lowest BCUT2D eigenvalue weighted by molar-refractivity contribution is 0.0948. The van der Waals surface area contributed by atoms with Crippen molar-refractivity contribution in [3.63, 3.8) is 0 Å². The molecule has 3 aromatic rings. The number of nitrogens with zero attached hydrogens (tertiary/aromatic N) is 2. The Hall–Kier alpha value is -3.35. The Bertz CT molecular complexity index is 1030. The molecule has 0 fully saturated rings. The van der Waals surface area contributed by atoms with Gasteiger partial charge in [-0.2, -0.15) is 0 Å². The van der Waals surface area contributed by atoms with E-state index in [1.165, 1.54) is 10.6 Å². The van der Waals surface area contributed by atoms with Crippen LogP contribution in [0, 0.1) is 6.92 Å². The van der Waals surface area contributed by atoms with E-state index in [0.29, 0.717) is 17.1 Å². The van der Waals surface area contributed by atoms with E-state index >= 15 is 0 Å². The second-order valence-corrected chi connectivity index (χ2v) is 5.77. The molecular formula is C19H19N3O4. The Kier molecular flexibility index (Phi) is 4.88. The summed E-state index contributed by atoms with van der Waals surface area (Å²) < 4.78 is 11.8. The number of methoxy groups -OCH3 is 2. The fourth-order valence-corrected chi connectivity index (χ4v) is 2.61. The lowest BCUT2D eigenvalue weighted by atomic mass is 10.2. The fourth-order valence-electron chi connectivity index (χ4n) is 2.61. The molecule has 1 N–H and O–H groups in total. The van der Waals surface area contributed by atoms with Gasteiger partial charge < -0.3 is 14.8 Å². The van der Waals surface area contributed by atoms with E-state index in [-0.39, 0.29) is 12.1 Å². The Morgan fingerprint density at radius 1 is 1.19 bits per heavy atom. The molecule has 0 aliphatic carbocycles. The molecule has 0 aliphatic rings. The number of carbonyl (C=O) groups excluding carboxylic acids is 1. The Labute approximate surface area is 150 Å². The minimum atomic E-state index is -0.490. The van der Waals surface area contributed by atoms with Crippen molar-refractivity contribution in [3.8, 4) is 11.5 Å². The van der Waals surface area contributed by atoms with Crippen LogP contribution in [0.3, 0.4) is 0 Å². The summed E-state index contributed by atoms with van der Waals surface area (Å²) in [5, 5.41) is 2.73. The van der Waals surface area contributed by atoms with Crippen LogP contribution in [0.1, 0.15) is 21.5 Å². The number of nitrogens with one attached hydrogen (secondary N) is 1. The van der Waals surface area contributed by atoms with Crippen LogP contribution in [0.25, 0.3) is 5.65 Å². The number of aryl methyl sites for hydroxylation is 1. The average Bonchev–Trinajstić information content (AvgIpc) is 2.66. The van der Waals surface area contributed by atoms with Crippen molar-refractivity contribution in [3.05, 3.63) is 69.8 Å². The number of carbonyl (C=O) groups is 1. The minimum absolute atomic E-state index is 0.0134. The molecule has 7 heteroatoms. The van der Waals surface area contributed by atoms with Gasteiger partial charge >= 0.3 is 0 Å². The molecule has 1 amide bonds. The molecule has 2 heterocycles. The second kappa shape index (κ2) is 7.26. The summed E-state index contributed by atoms with van der Waals surface area (Å²) >= 11 is 0. The number of hydrogen-bond donors (Lipinski definition) is 1. The van der Waals surface area contributed by atoms with Crippen molar-refractivity contribution in [2.75, 3.05) is 14.2 Å². The van der Waals surface area contributed by atoms with Gasteiger partial charge in [-0.1, -0.05) is 6.07 Å². The monoisotopic (exact) mass is 353 g/mol. The standard InChI is InChI=1S/C19H19N3O4/c1-12-4-7-17-20-10-15(19(24)22(17)11-12)18(23)21-9-13-5-6-14(25-2)8-16(13)26-3/h4-8,10-11H,9H2,1-3H3,(H,21,23). The average molecular weight is 353 g/mol. The zero-order valence-corrected chi connectivity index (χ0v) is 14.8. The summed E-state index contributed by atoms with van der Waals surface area (Å²) in [5.74, 6) is 0.759. The van der Waals surface area contributed by atoms with E-state index in [1.807, 2.05) is 13.0 Å². The molecule has 1 aromatic carbocycles. The summed E-state index contributed by atoms with van der Waals surface area (Å²) in [5.41, 5.74) is 1.75. The third kappa shape index (κ3) is 3.37. The molecule has 0 saturated carbocycles. The lowest BCUT2D eigenvalue weighted by Crippen LogP contribution is -2.31. The van der Waals surface area contributed by atoms with Gasteiger partial charge in [0.15, 0.2) is 0 Å². The van der Waals surface area contributed by atoms with Gasteiger partial charge in [-0.15, -0.1) is 0 Å².